The van der Waals surface area contributed by atoms with Crippen LogP contribution in [-0.4, -0.2) is 37.2 Å². The highest BCUT2D eigenvalue weighted by Gasteiger charge is 2.19. The van der Waals surface area contributed by atoms with Crippen molar-refractivity contribution in [1.82, 2.24) is 0 Å². The molecule has 0 saturated heterocycles. The predicted molar refractivity (Wildman–Crippen MR) is 270 cm³/mol. The Kier molecular flexibility index (Phi) is 50.8. The van der Waals surface area contributed by atoms with E-state index in [4.69, 9.17) is 14.2 Å². The SMILES string of the molecule is CCCCCC/C=C\C/C=C\CCCCCCCCCC(=O)OC(COC(=O)CCCCCCCC)COC(=O)CCCCCCCCCCCCCCCCCCCCCCC. The standard InChI is InChI=1S/C57H106O6/c1-4-7-10-13-16-18-20-22-24-26-28-29-30-32-33-35-37-39-41-44-47-50-56(59)62-53-54(52-61-55(58)49-46-43-15-12-9-6-3)63-57(60)51-48-45-42-40-38-36-34-31-27-25-23-21-19-17-14-11-8-5-2/h19,21,25,27,54H,4-18,20,22-24,26,28-53H2,1-3H3/b21-19-,27-25-. The summed E-state index contributed by atoms with van der Waals surface area (Å²) in [4.78, 5) is 37.8. The molecule has 6 nitrogen and oxygen atoms in total. The first-order chi connectivity index (χ1) is 31.0. The number of carbonyl (C=O) groups excluding carboxylic acids is 3. The average Bonchev–Trinajstić information content (AvgIpc) is 3.28. The molecule has 6 heteroatoms. The minimum atomic E-state index is -0.768. The van der Waals surface area contributed by atoms with Crippen LogP contribution in [0.5, 0.6) is 0 Å². The van der Waals surface area contributed by atoms with Crippen molar-refractivity contribution < 1.29 is 28.6 Å². The summed E-state index contributed by atoms with van der Waals surface area (Å²) in [6.45, 7) is 6.60. The third-order valence-corrected chi connectivity index (χ3v) is 12.5. The number of hydrogen-bond acceptors (Lipinski definition) is 6. The third kappa shape index (κ3) is 50.7. The van der Waals surface area contributed by atoms with Crippen LogP contribution < -0.4 is 0 Å². The molecule has 0 saturated carbocycles. The fourth-order valence-corrected chi connectivity index (χ4v) is 8.24. The molecule has 1 atom stereocenters. The smallest absolute Gasteiger partial charge is 0.306 e. The van der Waals surface area contributed by atoms with E-state index in [1.165, 1.54) is 193 Å². The Balaban J connectivity index is 4.13. The second kappa shape index (κ2) is 52.5. The van der Waals surface area contributed by atoms with Gasteiger partial charge in [0.25, 0.3) is 0 Å². The monoisotopic (exact) mass is 887 g/mol. The number of unbranched alkanes of at least 4 members (excludes halogenated alkanes) is 36. The summed E-state index contributed by atoms with van der Waals surface area (Å²) in [5.74, 6) is -0.872. The van der Waals surface area contributed by atoms with E-state index in [-0.39, 0.29) is 31.1 Å². The van der Waals surface area contributed by atoms with E-state index < -0.39 is 6.10 Å². The lowest BCUT2D eigenvalue weighted by atomic mass is 10.0. The minimum absolute atomic E-state index is 0.0703. The molecule has 0 N–H and O–H groups in total. The van der Waals surface area contributed by atoms with E-state index >= 15 is 0 Å². The van der Waals surface area contributed by atoms with Gasteiger partial charge in [-0.1, -0.05) is 257 Å². The predicted octanol–water partition coefficient (Wildman–Crippen LogP) is 18.3. The van der Waals surface area contributed by atoms with Crippen LogP contribution in [-0.2, 0) is 28.6 Å². The molecule has 0 aromatic rings. The minimum Gasteiger partial charge on any atom is -0.462 e. The van der Waals surface area contributed by atoms with Crippen molar-refractivity contribution in [2.75, 3.05) is 13.2 Å². The van der Waals surface area contributed by atoms with Gasteiger partial charge in [-0.25, -0.2) is 0 Å². The van der Waals surface area contributed by atoms with Gasteiger partial charge < -0.3 is 14.2 Å². The summed E-state index contributed by atoms with van der Waals surface area (Å²) in [5.41, 5.74) is 0. The second-order valence-electron chi connectivity index (χ2n) is 18.9. The van der Waals surface area contributed by atoms with Crippen molar-refractivity contribution in [2.24, 2.45) is 0 Å². The Hall–Kier alpha value is -2.11. The fourth-order valence-electron chi connectivity index (χ4n) is 8.24. The Labute approximate surface area is 392 Å². The van der Waals surface area contributed by atoms with Crippen molar-refractivity contribution in [2.45, 2.75) is 309 Å². The molecule has 0 heterocycles. The molecule has 0 aliphatic rings. The largest absolute Gasteiger partial charge is 0.462 e. The van der Waals surface area contributed by atoms with Gasteiger partial charge in [-0.05, 0) is 51.4 Å². The first kappa shape index (κ1) is 60.9. The molecular weight excluding hydrogens is 781 g/mol. The van der Waals surface area contributed by atoms with Gasteiger partial charge in [0.15, 0.2) is 6.10 Å². The number of rotatable bonds is 51. The molecule has 0 spiro atoms. The van der Waals surface area contributed by atoms with Gasteiger partial charge in [-0.3, -0.25) is 14.4 Å². The van der Waals surface area contributed by atoms with Gasteiger partial charge in [0.1, 0.15) is 13.2 Å². The van der Waals surface area contributed by atoms with E-state index in [1.54, 1.807) is 0 Å². The lowest BCUT2D eigenvalue weighted by molar-refractivity contribution is -0.167. The summed E-state index contributed by atoms with van der Waals surface area (Å²) in [6.07, 6.45) is 60.5. The van der Waals surface area contributed by atoms with Crippen LogP contribution in [0.1, 0.15) is 303 Å². The third-order valence-electron chi connectivity index (χ3n) is 12.5. The lowest BCUT2D eigenvalue weighted by Gasteiger charge is -2.18. The molecule has 0 aliphatic carbocycles. The molecule has 0 amide bonds. The average molecular weight is 887 g/mol. The molecule has 0 fully saturated rings. The molecule has 63 heavy (non-hydrogen) atoms. The Morgan fingerprint density at radius 3 is 0.889 bits per heavy atom. The first-order valence-corrected chi connectivity index (χ1v) is 27.8. The van der Waals surface area contributed by atoms with Crippen LogP contribution in [0.15, 0.2) is 24.3 Å². The van der Waals surface area contributed by atoms with Gasteiger partial charge in [-0.15, -0.1) is 0 Å². The summed E-state index contributed by atoms with van der Waals surface area (Å²) in [6, 6.07) is 0. The van der Waals surface area contributed by atoms with Gasteiger partial charge in [0.05, 0.1) is 0 Å². The van der Waals surface area contributed by atoms with Crippen LogP contribution in [0.2, 0.25) is 0 Å². The van der Waals surface area contributed by atoms with Gasteiger partial charge in [0.2, 0.25) is 0 Å². The molecule has 1 unspecified atom stereocenters. The summed E-state index contributed by atoms with van der Waals surface area (Å²) in [7, 11) is 0. The van der Waals surface area contributed by atoms with E-state index in [1.807, 2.05) is 0 Å². The van der Waals surface area contributed by atoms with Crippen LogP contribution in [0.3, 0.4) is 0 Å². The molecule has 0 radical (unpaired) electrons. The lowest BCUT2D eigenvalue weighted by Crippen LogP contribution is -2.30. The van der Waals surface area contributed by atoms with Crippen LogP contribution in [0, 0.1) is 0 Å². The van der Waals surface area contributed by atoms with Gasteiger partial charge >= 0.3 is 17.9 Å². The summed E-state index contributed by atoms with van der Waals surface area (Å²) >= 11 is 0. The van der Waals surface area contributed by atoms with Gasteiger partial charge in [0, 0.05) is 19.3 Å². The zero-order valence-electron chi connectivity index (χ0n) is 42.4. The second-order valence-corrected chi connectivity index (χ2v) is 18.9. The van der Waals surface area contributed by atoms with Crippen molar-refractivity contribution in [3.05, 3.63) is 24.3 Å². The molecule has 0 aromatic heterocycles. The number of ether oxygens (including phenoxy) is 3. The highest BCUT2D eigenvalue weighted by atomic mass is 16.6. The Morgan fingerprint density at radius 2 is 0.571 bits per heavy atom. The zero-order chi connectivity index (χ0) is 45.8. The van der Waals surface area contributed by atoms with Crippen LogP contribution >= 0.6 is 0 Å². The normalized spacial score (nSPS) is 12.1. The molecule has 370 valence electrons. The summed E-state index contributed by atoms with van der Waals surface area (Å²) in [5, 5.41) is 0. The maximum Gasteiger partial charge on any atom is 0.306 e. The molecular formula is C57H106O6. The van der Waals surface area contributed by atoms with Gasteiger partial charge in [-0.2, -0.15) is 0 Å². The van der Waals surface area contributed by atoms with Crippen LogP contribution in [0.4, 0.5) is 0 Å². The molecule has 0 aliphatic heterocycles. The number of hydrogen-bond donors (Lipinski definition) is 0. The quantitative estimate of drug-likeness (QED) is 0.0262. The molecule has 0 aromatic carbocycles. The van der Waals surface area contributed by atoms with Crippen molar-refractivity contribution in [3.63, 3.8) is 0 Å². The number of allylic oxidation sites excluding steroid dienone is 4. The number of esters is 3. The Morgan fingerprint density at radius 1 is 0.317 bits per heavy atom. The summed E-state index contributed by atoms with van der Waals surface area (Å²) < 4.78 is 16.7. The molecule has 0 rings (SSSR count). The van der Waals surface area contributed by atoms with E-state index in [0.29, 0.717) is 19.3 Å². The number of carbonyl (C=O) groups is 3. The highest BCUT2D eigenvalue weighted by molar-refractivity contribution is 5.71. The fraction of sp³-hybridized carbons (Fsp3) is 0.877. The van der Waals surface area contributed by atoms with E-state index in [9.17, 15) is 14.4 Å². The van der Waals surface area contributed by atoms with E-state index in [2.05, 4.69) is 45.1 Å². The topological polar surface area (TPSA) is 78.9 Å². The maximum absolute atomic E-state index is 12.8. The zero-order valence-corrected chi connectivity index (χ0v) is 42.4. The maximum atomic E-state index is 12.8. The first-order valence-electron chi connectivity index (χ1n) is 27.8. The Bertz CT molecular complexity index is 1020. The van der Waals surface area contributed by atoms with Crippen molar-refractivity contribution >= 4 is 17.9 Å². The van der Waals surface area contributed by atoms with Crippen molar-refractivity contribution in [1.29, 1.82) is 0 Å². The van der Waals surface area contributed by atoms with Crippen LogP contribution in [0.25, 0.3) is 0 Å². The van der Waals surface area contributed by atoms with Crippen molar-refractivity contribution in [3.8, 4) is 0 Å². The van der Waals surface area contributed by atoms with E-state index in [0.717, 1.165) is 70.6 Å². The highest BCUT2D eigenvalue weighted by Crippen LogP contribution is 2.17. The molecule has 0 bridgehead atoms.